The van der Waals surface area contributed by atoms with E-state index in [1.807, 2.05) is 4.90 Å². The molecule has 6 nitrogen and oxygen atoms in total. The minimum absolute atomic E-state index is 0.155. The SMILES string of the molecule is CCCN1CCN(CC(=O)N2CCC(C(=O)O)CC2)CC1. The van der Waals surface area contributed by atoms with Crippen LogP contribution in [0.3, 0.4) is 0 Å². The standard InChI is InChI=1S/C15H27N3O3/c1-2-5-16-8-10-17(11-9-16)12-14(19)18-6-3-13(4-7-18)15(20)21/h13H,2-12H2,1H3,(H,20,21). The first-order chi connectivity index (χ1) is 10.1. The number of piperidine rings is 1. The molecule has 1 N–H and O–H groups in total. The number of carboxylic acids is 1. The Bertz CT molecular complexity index is 359. The normalized spacial score (nSPS) is 22.4. The Morgan fingerprint density at radius 2 is 1.57 bits per heavy atom. The molecule has 2 aliphatic heterocycles. The van der Waals surface area contributed by atoms with E-state index in [-0.39, 0.29) is 11.8 Å². The Balaban J connectivity index is 1.70. The van der Waals surface area contributed by atoms with Crippen molar-refractivity contribution < 1.29 is 14.7 Å². The third-order valence-electron chi connectivity index (χ3n) is 4.56. The second-order valence-electron chi connectivity index (χ2n) is 6.11. The summed E-state index contributed by atoms with van der Waals surface area (Å²) in [5.41, 5.74) is 0. The molecule has 0 aromatic rings. The Morgan fingerprint density at radius 3 is 2.10 bits per heavy atom. The molecular weight excluding hydrogens is 270 g/mol. The number of hydrogen-bond donors (Lipinski definition) is 1. The molecule has 2 heterocycles. The molecule has 0 unspecified atom stereocenters. The first-order valence-electron chi connectivity index (χ1n) is 8.05. The van der Waals surface area contributed by atoms with Gasteiger partial charge in [0.2, 0.25) is 5.91 Å². The predicted molar refractivity (Wildman–Crippen MR) is 80.1 cm³/mol. The Morgan fingerprint density at radius 1 is 1.00 bits per heavy atom. The van der Waals surface area contributed by atoms with Gasteiger partial charge in [-0.05, 0) is 25.8 Å². The summed E-state index contributed by atoms with van der Waals surface area (Å²) in [4.78, 5) is 29.7. The summed E-state index contributed by atoms with van der Waals surface area (Å²) in [7, 11) is 0. The molecule has 6 heteroatoms. The van der Waals surface area contributed by atoms with Crippen LogP contribution in [0.2, 0.25) is 0 Å². The molecule has 2 fully saturated rings. The lowest BCUT2D eigenvalue weighted by Crippen LogP contribution is -2.51. The highest BCUT2D eigenvalue weighted by molar-refractivity contribution is 5.79. The smallest absolute Gasteiger partial charge is 0.306 e. The lowest BCUT2D eigenvalue weighted by Gasteiger charge is -2.36. The second-order valence-corrected chi connectivity index (χ2v) is 6.11. The summed E-state index contributed by atoms with van der Waals surface area (Å²) in [6.45, 7) is 9.00. The highest BCUT2D eigenvalue weighted by atomic mass is 16.4. The largest absolute Gasteiger partial charge is 0.481 e. The van der Waals surface area contributed by atoms with E-state index in [9.17, 15) is 9.59 Å². The molecule has 21 heavy (non-hydrogen) atoms. The van der Waals surface area contributed by atoms with Crippen LogP contribution in [0.15, 0.2) is 0 Å². The van der Waals surface area contributed by atoms with Crippen molar-refractivity contribution >= 4 is 11.9 Å². The number of likely N-dealkylation sites (tertiary alicyclic amines) is 1. The summed E-state index contributed by atoms with van der Waals surface area (Å²) in [6, 6.07) is 0. The van der Waals surface area contributed by atoms with Gasteiger partial charge in [-0.15, -0.1) is 0 Å². The van der Waals surface area contributed by atoms with Gasteiger partial charge in [0.15, 0.2) is 0 Å². The van der Waals surface area contributed by atoms with Crippen molar-refractivity contribution in [3.8, 4) is 0 Å². The van der Waals surface area contributed by atoms with Crippen molar-refractivity contribution in [1.29, 1.82) is 0 Å². The number of rotatable bonds is 5. The topological polar surface area (TPSA) is 64.1 Å². The van der Waals surface area contributed by atoms with Gasteiger partial charge in [0, 0.05) is 39.3 Å². The summed E-state index contributed by atoms with van der Waals surface area (Å²) in [5, 5.41) is 8.98. The van der Waals surface area contributed by atoms with E-state index in [1.54, 1.807) is 0 Å². The monoisotopic (exact) mass is 297 g/mol. The van der Waals surface area contributed by atoms with Crippen LogP contribution >= 0.6 is 0 Å². The predicted octanol–water partition coefficient (Wildman–Crippen LogP) is 0.337. The molecule has 0 bridgehead atoms. The molecule has 1 amide bonds. The summed E-state index contributed by atoms with van der Waals surface area (Å²) in [5.74, 6) is -0.844. The van der Waals surface area contributed by atoms with Gasteiger partial charge in [-0.25, -0.2) is 0 Å². The molecule has 0 aromatic heterocycles. The van der Waals surface area contributed by atoms with Crippen LogP contribution in [0.25, 0.3) is 0 Å². The highest BCUT2D eigenvalue weighted by Crippen LogP contribution is 2.17. The van der Waals surface area contributed by atoms with Crippen LogP contribution in [-0.2, 0) is 9.59 Å². The number of carboxylic acid groups (broad SMARTS) is 1. The maximum absolute atomic E-state index is 12.3. The van der Waals surface area contributed by atoms with E-state index in [1.165, 1.54) is 6.42 Å². The van der Waals surface area contributed by atoms with Gasteiger partial charge in [-0.3, -0.25) is 14.5 Å². The van der Waals surface area contributed by atoms with E-state index in [0.29, 0.717) is 32.5 Å². The summed E-state index contributed by atoms with van der Waals surface area (Å²) < 4.78 is 0. The number of carbonyl (C=O) groups is 2. The number of carbonyl (C=O) groups excluding carboxylic acids is 1. The quantitative estimate of drug-likeness (QED) is 0.792. The van der Waals surface area contributed by atoms with Gasteiger partial charge >= 0.3 is 5.97 Å². The zero-order valence-corrected chi connectivity index (χ0v) is 13.0. The van der Waals surface area contributed by atoms with E-state index in [4.69, 9.17) is 5.11 Å². The number of hydrogen-bond acceptors (Lipinski definition) is 4. The van der Waals surface area contributed by atoms with E-state index in [0.717, 1.165) is 32.7 Å². The van der Waals surface area contributed by atoms with Gasteiger partial charge in [0.25, 0.3) is 0 Å². The molecule has 0 spiro atoms. The molecule has 120 valence electrons. The molecule has 0 aromatic carbocycles. The fourth-order valence-corrected chi connectivity index (χ4v) is 3.15. The van der Waals surface area contributed by atoms with Crippen molar-refractivity contribution in [3.05, 3.63) is 0 Å². The minimum Gasteiger partial charge on any atom is -0.481 e. The Hall–Kier alpha value is -1.14. The Labute approximate surface area is 126 Å². The van der Waals surface area contributed by atoms with E-state index >= 15 is 0 Å². The Kier molecular flexibility index (Phi) is 5.99. The van der Waals surface area contributed by atoms with Crippen molar-refractivity contribution in [3.63, 3.8) is 0 Å². The maximum atomic E-state index is 12.3. The molecule has 0 saturated carbocycles. The van der Waals surface area contributed by atoms with Gasteiger partial charge in [-0.1, -0.05) is 6.92 Å². The van der Waals surface area contributed by atoms with E-state index < -0.39 is 5.97 Å². The van der Waals surface area contributed by atoms with Crippen LogP contribution in [0.1, 0.15) is 26.2 Å². The molecular formula is C15H27N3O3. The fourth-order valence-electron chi connectivity index (χ4n) is 3.15. The number of amides is 1. The van der Waals surface area contributed by atoms with Crippen molar-refractivity contribution in [2.75, 3.05) is 52.4 Å². The van der Waals surface area contributed by atoms with Gasteiger partial charge in [0.1, 0.15) is 0 Å². The lowest BCUT2D eigenvalue weighted by molar-refractivity contribution is -0.146. The first-order valence-corrected chi connectivity index (χ1v) is 8.05. The second kappa shape index (κ2) is 7.75. The first kappa shape index (κ1) is 16.2. The average Bonchev–Trinajstić information content (AvgIpc) is 2.49. The zero-order valence-electron chi connectivity index (χ0n) is 13.0. The molecule has 2 rings (SSSR count). The van der Waals surface area contributed by atoms with Gasteiger partial charge < -0.3 is 14.9 Å². The summed E-state index contributed by atoms with van der Waals surface area (Å²) in [6.07, 6.45) is 2.36. The van der Waals surface area contributed by atoms with Crippen LogP contribution in [0.4, 0.5) is 0 Å². The van der Waals surface area contributed by atoms with Crippen molar-refractivity contribution in [1.82, 2.24) is 14.7 Å². The number of nitrogens with zero attached hydrogens (tertiary/aromatic N) is 3. The zero-order chi connectivity index (χ0) is 15.2. The van der Waals surface area contributed by atoms with Crippen LogP contribution < -0.4 is 0 Å². The minimum atomic E-state index is -0.728. The average molecular weight is 297 g/mol. The van der Waals surface area contributed by atoms with Crippen molar-refractivity contribution in [2.45, 2.75) is 26.2 Å². The van der Waals surface area contributed by atoms with Crippen LogP contribution in [-0.4, -0.2) is 84.0 Å². The lowest BCUT2D eigenvalue weighted by atomic mass is 9.97. The molecule has 0 aliphatic carbocycles. The molecule has 2 saturated heterocycles. The third kappa shape index (κ3) is 4.68. The van der Waals surface area contributed by atoms with E-state index in [2.05, 4.69) is 16.7 Å². The summed E-state index contributed by atoms with van der Waals surface area (Å²) >= 11 is 0. The fraction of sp³-hybridized carbons (Fsp3) is 0.867. The molecule has 0 radical (unpaired) electrons. The van der Waals surface area contributed by atoms with Gasteiger partial charge in [-0.2, -0.15) is 0 Å². The van der Waals surface area contributed by atoms with Crippen molar-refractivity contribution in [2.24, 2.45) is 5.92 Å². The number of piperazine rings is 1. The maximum Gasteiger partial charge on any atom is 0.306 e. The van der Waals surface area contributed by atoms with Crippen LogP contribution in [0.5, 0.6) is 0 Å². The number of aliphatic carboxylic acids is 1. The van der Waals surface area contributed by atoms with Gasteiger partial charge in [0.05, 0.1) is 12.5 Å². The third-order valence-corrected chi connectivity index (χ3v) is 4.56. The highest BCUT2D eigenvalue weighted by Gasteiger charge is 2.28. The molecule has 0 atom stereocenters. The van der Waals surface area contributed by atoms with Crippen LogP contribution in [0, 0.1) is 5.92 Å². The molecule has 2 aliphatic rings.